The predicted octanol–water partition coefficient (Wildman–Crippen LogP) is 1.04. The highest BCUT2D eigenvalue weighted by Crippen LogP contribution is 2.30. The van der Waals surface area contributed by atoms with Crippen LogP contribution >= 0.6 is 0 Å². The van der Waals surface area contributed by atoms with E-state index in [0.717, 1.165) is 6.42 Å². The third kappa shape index (κ3) is 2.44. The summed E-state index contributed by atoms with van der Waals surface area (Å²) < 4.78 is 0. The number of amides is 1. The number of rotatable bonds is 1. The van der Waals surface area contributed by atoms with Crippen molar-refractivity contribution in [3.05, 3.63) is 0 Å². The maximum Gasteiger partial charge on any atom is 0.217 e. The molecule has 2 N–H and O–H groups in total. The van der Waals surface area contributed by atoms with Gasteiger partial charge in [0.15, 0.2) is 0 Å². The summed E-state index contributed by atoms with van der Waals surface area (Å²) in [6.45, 7) is 10.2. The molecule has 76 valence electrons. The van der Waals surface area contributed by atoms with Crippen LogP contribution in [0.2, 0.25) is 0 Å². The number of carbonyl (C=O) groups is 1. The fourth-order valence-corrected chi connectivity index (χ4v) is 2.25. The quantitative estimate of drug-likeness (QED) is 0.639. The lowest BCUT2D eigenvalue weighted by Crippen LogP contribution is -2.51. The zero-order valence-electron chi connectivity index (χ0n) is 9.19. The number of hydrogen-bond donors (Lipinski definition) is 2. The number of carbonyl (C=O) groups excluding carboxylic acids is 1. The summed E-state index contributed by atoms with van der Waals surface area (Å²) in [4.78, 5) is 11.0. The highest BCUT2D eigenvalue weighted by molar-refractivity contribution is 5.73. The van der Waals surface area contributed by atoms with E-state index >= 15 is 0 Å². The molecule has 1 saturated heterocycles. The van der Waals surface area contributed by atoms with Crippen LogP contribution in [0, 0.1) is 0 Å². The molecule has 1 amide bonds. The van der Waals surface area contributed by atoms with Crippen molar-refractivity contribution in [3.8, 4) is 0 Å². The second-order valence-corrected chi connectivity index (χ2v) is 5.19. The molecule has 0 aromatic heterocycles. The van der Waals surface area contributed by atoms with Crippen molar-refractivity contribution in [1.29, 1.82) is 0 Å². The Morgan fingerprint density at radius 3 is 2.23 bits per heavy atom. The van der Waals surface area contributed by atoms with Gasteiger partial charge in [0.1, 0.15) is 0 Å². The van der Waals surface area contributed by atoms with Crippen LogP contribution in [-0.2, 0) is 4.79 Å². The molecule has 1 atom stereocenters. The van der Waals surface area contributed by atoms with E-state index in [1.165, 1.54) is 0 Å². The van der Waals surface area contributed by atoms with E-state index in [4.69, 9.17) is 0 Å². The van der Waals surface area contributed by atoms with Crippen LogP contribution in [0.4, 0.5) is 0 Å². The van der Waals surface area contributed by atoms with Gasteiger partial charge in [-0.1, -0.05) is 0 Å². The molecule has 3 nitrogen and oxygen atoms in total. The first-order chi connectivity index (χ1) is 5.73. The average molecular weight is 184 g/mol. The molecule has 0 spiro atoms. The second kappa shape index (κ2) is 2.98. The molecule has 1 aliphatic heterocycles. The van der Waals surface area contributed by atoms with Crippen LogP contribution in [0.5, 0.6) is 0 Å². The third-order valence-electron chi connectivity index (χ3n) is 2.62. The fraction of sp³-hybridized carbons (Fsp3) is 0.900. The normalized spacial score (nSPS) is 30.1. The van der Waals surface area contributed by atoms with E-state index in [9.17, 15) is 4.79 Å². The zero-order chi connectivity index (χ0) is 10.3. The topological polar surface area (TPSA) is 41.1 Å². The van der Waals surface area contributed by atoms with Gasteiger partial charge in [-0.3, -0.25) is 4.79 Å². The lowest BCUT2D eigenvalue weighted by molar-refractivity contribution is -0.119. The Balaban J connectivity index is 2.70. The van der Waals surface area contributed by atoms with E-state index in [1.807, 2.05) is 0 Å². The Hall–Kier alpha value is -0.570. The van der Waals surface area contributed by atoms with E-state index < -0.39 is 0 Å². The summed E-state index contributed by atoms with van der Waals surface area (Å²) in [5, 5.41) is 6.50. The average Bonchev–Trinajstić information content (AvgIpc) is 1.98. The van der Waals surface area contributed by atoms with Gasteiger partial charge in [0, 0.05) is 24.0 Å². The van der Waals surface area contributed by atoms with Gasteiger partial charge >= 0.3 is 0 Å². The first-order valence-electron chi connectivity index (χ1n) is 4.79. The van der Waals surface area contributed by atoms with Crippen molar-refractivity contribution in [2.45, 2.75) is 58.2 Å². The molecule has 0 radical (unpaired) electrons. The molecule has 0 unspecified atom stereocenters. The van der Waals surface area contributed by atoms with Gasteiger partial charge in [0.25, 0.3) is 0 Å². The van der Waals surface area contributed by atoms with E-state index in [1.54, 1.807) is 6.92 Å². The van der Waals surface area contributed by atoms with Crippen LogP contribution in [0.25, 0.3) is 0 Å². The van der Waals surface area contributed by atoms with Crippen molar-refractivity contribution in [2.75, 3.05) is 0 Å². The lowest BCUT2D eigenvalue weighted by Gasteiger charge is -2.28. The van der Waals surface area contributed by atoms with Gasteiger partial charge in [-0.05, 0) is 34.1 Å². The van der Waals surface area contributed by atoms with Crippen LogP contribution in [-0.4, -0.2) is 23.0 Å². The van der Waals surface area contributed by atoms with Crippen LogP contribution < -0.4 is 10.6 Å². The Labute approximate surface area is 80.3 Å². The summed E-state index contributed by atoms with van der Waals surface area (Å²) >= 11 is 0. The van der Waals surface area contributed by atoms with Crippen molar-refractivity contribution in [2.24, 2.45) is 0 Å². The molecule has 0 bridgehead atoms. The minimum atomic E-state index is -0.00479. The molecule has 0 aromatic rings. The molecule has 13 heavy (non-hydrogen) atoms. The molecule has 1 fully saturated rings. The maximum absolute atomic E-state index is 11.0. The van der Waals surface area contributed by atoms with Gasteiger partial charge in [-0.2, -0.15) is 0 Å². The monoisotopic (exact) mass is 184 g/mol. The number of nitrogens with one attached hydrogen (secondary N) is 2. The molecule has 0 saturated carbocycles. The largest absolute Gasteiger partial charge is 0.352 e. The van der Waals surface area contributed by atoms with Gasteiger partial charge in [-0.15, -0.1) is 0 Å². The minimum Gasteiger partial charge on any atom is -0.352 e. The highest BCUT2D eigenvalue weighted by Gasteiger charge is 2.44. The third-order valence-corrected chi connectivity index (χ3v) is 2.62. The Morgan fingerprint density at radius 1 is 1.38 bits per heavy atom. The molecule has 1 rings (SSSR count). The summed E-state index contributed by atoms with van der Waals surface area (Å²) in [6.07, 6.45) is 0.986. The Kier molecular flexibility index (Phi) is 2.41. The molecule has 0 aliphatic carbocycles. The smallest absolute Gasteiger partial charge is 0.217 e. The summed E-state index contributed by atoms with van der Waals surface area (Å²) in [5.41, 5.74) is 0.117. The van der Waals surface area contributed by atoms with E-state index in [0.29, 0.717) is 0 Å². The summed E-state index contributed by atoms with van der Waals surface area (Å²) in [6, 6.07) is 0.236. The first kappa shape index (κ1) is 10.5. The summed E-state index contributed by atoms with van der Waals surface area (Å²) in [5.74, 6) is 0.0533. The summed E-state index contributed by atoms with van der Waals surface area (Å²) in [7, 11) is 0. The molecule has 1 heterocycles. The van der Waals surface area contributed by atoms with Crippen molar-refractivity contribution in [3.63, 3.8) is 0 Å². The molecular weight excluding hydrogens is 164 g/mol. The molecular formula is C10H20N2O. The molecule has 0 aromatic carbocycles. The highest BCUT2D eigenvalue weighted by atomic mass is 16.1. The van der Waals surface area contributed by atoms with Crippen LogP contribution in [0.3, 0.4) is 0 Å². The molecule has 3 heteroatoms. The molecule has 1 aliphatic rings. The van der Waals surface area contributed by atoms with Gasteiger partial charge in [-0.25, -0.2) is 0 Å². The Bertz CT molecular complexity index is 221. The van der Waals surface area contributed by atoms with Crippen molar-refractivity contribution in [1.82, 2.24) is 10.6 Å². The van der Waals surface area contributed by atoms with E-state index in [2.05, 4.69) is 38.3 Å². The van der Waals surface area contributed by atoms with Crippen molar-refractivity contribution >= 4 is 5.91 Å². The van der Waals surface area contributed by atoms with Crippen LogP contribution in [0.15, 0.2) is 0 Å². The van der Waals surface area contributed by atoms with Crippen LogP contribution in [0.1, 0.15) is 41.0 Å². The fourth-order valence-electron chi connectivity index (χ4n) is 2.25. The zero-order valence-corrected chi connectivity index (χ0v) is 9.19. The van der Waals surface area contributed by atoms with Gasteiger partial charge in [0.2, 0.25) is 5.91 Å². The first-order valence-corrected chi connectivity index (χ1v) is 4.79. The number of hydrogen-bond acceptors (Lipinski definition) is 2. The second-order valence-electron chi connectivity index (χ2n) is 5.19. The van der Waals surface area contributed by atoms with Gasteiger partial charge in [0.05, 0.1) is 0 Å². The minimum absolute atomic E-state index is 0.00479. The standard InChI is InChI=1S/C10H20N2O/c1-7(13)11-8-6-9(2,3)12-10(8,4)5/h8,12H,6H2,1-5H3,(H,11,13)/t8-/m1/s1. The Morgan fingerprint density at radius 2 is 1.92 bits per heavy atom. The van der Waals surface area contributed by atoms with E-state index in [-0.39, 0.29) is 23.0 Å². The van der Waals surface area contributed by atoms with Gasteiger partial charge < -0.3 is 10.6 Å². The maximum atomic E-state index is 11.0. The lowest BCUT2D eigenvalue weighted by atomic mass is 9.94. The van der Waals surface area contributed by atoms with Crippen molar-refractivity contribution < 1.29 is 4.79 Å². The SMILES string of the molecule is CC(=O)N[C@@H]1CC(C)(C)NC1(C)C. The predicted molar refractivity (Wildman–Crippen MR) is 53.5 cm³/mol.